The zero-order valence-electron chi connectivity index (χ0n) is 16.2. The summed E-state index contributed by atoms with van der Waals surface area (Å²) in [6.45, 7) is 0. The number of hydrogen-bond donors (Lipinski definition) is 1. The molecule has 0 spiro atoms. The molecule has 1 aromatic heterocycles. The summed E-state index contributed by atoms with van der Waals surface area (Å²) in [4.78, 5) is 12.7. The van der Waals surface area contributed by atoms with Gasteiger partial charge in [-0.15, -0.1) is 0 Å². The number of aromatic nitrogens is 2. The monoisotopic (exact) mass is 443 g/mol. The lowest BCUT2D eigenvalue weighted by Crippen LogP contribution is -2.17. The summed E-state index contributed by atoms with van der Waals surface area (Å²) in [6.07, 6.45) is -4.95. The van der Waals surface area contributed by atoms with Crippen molar-refractivity contribution in [3.05, 3.63) is 102 Å². The fourth-order valence-corrected chi connectivity index (χ4v) is 3.10. The van der Waals surface area contributed by atoms with E-state index in [2.05, 4.69) is 10.4 Å². The molecule has 32 heavy (non-hydrogen) atoms. The summed E-state index contributed by atoms with van der Waals surface area (Å²) in [5.41, 5.74) is -0.502. The van der Waals surface area contributed by atoms with E-state index in [1.54, 1.807) is 30.3 Å². The number of nitrogens with zero attached hydrogens (tertiary/aromatic N) is 2. The second kappa shape index (κ2) is 8.26. The van der Waals surface area contributed by atoms with Crippen molar-refractivity contribution in [2.24, 2.45) is 0 Å². The minimum atomic E-state index is -4.95. The van der Waals surface area contributed by atoms with Gasteiger partial charge in [0, 0.05) is 17.2 Å². The lowest BCUT2D eigenvalue weighted by Gasteiger charge is -2.11. The van der Waals surface area contributed by atoms with E-state index in [1.807, 2.05) is 6.07 Å². The molecule has 0 atom stereocenters. The van der Waals surface area contributed by atoms with Gasteiger partial charge >= 0.3 is 6.18 Å². The number of carbonyl (C=O) groups is 1. The van der Waals surface area contributed by atoms with E-state index in [0.29, 0.717) is 23.4 Å². The Morgan fingerprint density at radius 1 is 0.875 bits per heavy atom. The van der Waals surface area contributed by atoms with Crippen molar-refractivity contribution in [2.75, 3.05) is 5.32 Å². The predicted octanol–water partition coefficient (Wildman–Crippen LogP) is 6.09. The lowest BCUT2D eigenvalue weighted by molar-refractivity contribution is -0.140. The van der Waals surface area contributed by atoms with Gasteiger partial charge in [-0.05, 0) is 36.4 Å². The van der Waals surface area contributed by atoms with E-state index < -0.39 is 34.8 Å². The van der Waals surface area contributed by atoms with Crippen LogP contribution in [-0.4, -0.2) is 15.7 Å². The van der Waals surface area contributed by atoms with Crippen LogP contribution in [0.1, 0.15) is 15.9 Å². The average Bonchev–Trinajstić information content (AvgIpc) is 3.17. The van der Waals surface area contributed by atoms with Crippen LogP contribution in [0.3, 0.4) is 0 Å². The molecule has 162 valence electrons. The Kier molecular flexibility index (Phi) is 5.48. The third-order valence-electron chi connectivity index (χ3n) is 4.61. The third-order valence-corrected chi connectivity index (χ3v) is 4.61. The van der Waals surface area contributed by atoms with Crippen molar-refractivity contribution in [2.45, 2.75) is 6.18 Å². The zero-order valence-corrected chi connectivity index (χ0v) is 16.2. The number of carbonyl (C=O) groups excluding carboxylic acids is 1. The number of alkyl halides is 3. The molecule has 0 saturated heterocycles. The minimum Gasteiger partial charge on any atom is -0.306 e. The zero-order chi connectivity index (χ0) is 22.9. The van der Waals surface area contributed by atoms with Crippen LogP contribution >= 0.6 is 0 Å². The van der Waals surface area contributed by atoms with Crippen LogP contribution in [0.5, 0.6) is 0 Å². The number of rotatable bonds is 4. The molecule has 0 fully saturated rings. The summed E-state index contributed by atoms with van der Waals surface area (Å²) < 4.78 is 67.6. The maximum atomic E-state index is 13.8. The summed E-state index contributed by atoms with van der Waals surface area (Å²) in [6, 6.07) is 17.8. The molecule has 0 aliphatic heterocycles. The second-order valence-electron chi connectivity index (χ2n) is 6.82. The molecule has 3 aromatic carbocycles. The molecular formula is C23H14F5N3O. The first-order valence-corrected chi connectivity index (χ1v) is 9.32. The standard InChI is InChI=1S/C23H14F5N3O/c24-16-7-4-8-17(12-16)31-21(13-20(30-31)14-5-2-1-3-6-14)29-22(32)15-9-10-19(25)18(11-15)23(26,27)28/h1-13H,(H,29,32). The lowest BCUT2D eigenvalue weighted by atomic mass is 10.1. The molecule has 4 rings (SSSR count). The molecule has 1 heterocycles. The molecule has 4 nitrogen and oxygen atoms in total. The normalized spacial score (nSPS) is 11.4. The van der Waals surface area contributed by atoms with Crippen LogP contribution in [-0.2, 0) is 6.18 Å². The van der Waals surface area contributed by atoms with Gasteiger partial charge in [-0.1, -0.05) is 36.4 Å². The highest BCUT2D eigenvalue weighted by atomic mass is 19.4. The van der Waals surface area contributed by atoms with E-state index >= 15 is 0 Å². The molecule has 0 saturated carbocycles. The Morgan fingerprint density at radius 2 is 1.62 bits per heavy atom. The molecule has 1 N–H and O–H groups in total. The van der Waals surface area contributed by atoms with Gasteiger partial charge in [0.2, 0.25) is 0 Å². The highest BCUT2D eigenvalue weighted by molar-refractivity contribution is 6.04. The number of benzene rings is 3. The van der Waals surface area contributed by atoms with E-state index in [0.717, 1.165) is 6.07 Å². The first kappa shape index (κ1) is 21.2. The Bertz CT molecular complexity index is 1280. The fraction of sp³-hybridized carbons (Fsp3) is 0.0435. The number of hydrogen-bond acceptors (Lipinski definition) is 2. The summed E-state index contributed by atoms with van der Waals surface area (Å²) >= 11 is 0. The molecule has 4 aromatic rings. The van der Waals surface area contributed by atoms with Gasteiger partial charge in [0.1, 0.15) is 17.5 Å². The van der Waals surface area contributed by atoms with Crippen molar-refractivity contribution in [1.82, 2.24) is 9.78 Å². The second-order valence-corrected chi connectivity index (χ2v) is 6.82. The number of anilines is 1. The quantitative estimate of drug-likeness (QED) is 0.388. The van der Waals surface area contributed by atoms with Crippen molar-refractivity contribution in [1.29, 1.82) is 0 Å². The van der Waals surface area contributed by atoms with E-state index in [1.165, 1.54) is 28.9 Å². The van der Waals surface area contributed by atoms with Crippen LogP contribution in [0.15, 0.2) is 78.9 Å². The van der Waals surface area contributed by atoms with Gasteiger partial charge in [-0.3, -0.25) is 4.79 Å². The number of halogens is 5. The van der Waals surface area contributed by atoms with Crippen LogP contribution in [0.2, 0.25) is 0 Å². The molecule has 0 aliphatic rings. The van der Waals surface area contributed by atoms with Gasteiger partial charge in [0.25, 0.3) is 5.91 Å². The van der Waals surface area contributed by atoms with Crippen LogP contribution in [0, 0.1) is 11.6 Å². The van der Waals surface area contributed by atoms with Crippen molar-refractivity contribution >= 4 is 11.7 Å². The summed E-state index contributed by atoms with van der Waals surface area (Å²) in [5.74, 6) is -2.83. The minimum absolute atomic E-state index is 0.0948. The van der Waals surface area contributed by atoms with Gasteiger partial charge in [-0.2, -0.15) is 18.3 Å². The van der Waals surface area contributed by atoms with E-state index in [9.17, 15) is 26.7 Å². The third kappa shape index (κ3) is 4.36. The van der Waals surface area contributed by atoms with Gasteiger partial charge in [0.05, 0.1) is 16.9 Å². The summed E-state index contributed by atoms with van der Waals surface area (Å²) in [5, 5.41) is 6.89. The summed E-state index contributed by atoms with van der Waals surface area (Å²) in [7, 11) is 0. The highest BCUT2D eigenvalue weighted by Gasteiger charge is 2.34. The van der Waals surface area contributed by atoms with Crippen LogP contribution in [0.4, 0.5) is 27.8 Å². The molecule has 0 aliphatic carbocycles. The Hall–Kier alpha value is -4.01. The molecule has 0 unspecified atom stereocenters. The Balaban J connectivity index is 1.74. The molecule has 0 bridgehead atoms. The van der Waals surface area contributed by atoms with Gasteiger partial charge in [-0.25, -0.2) is 13.5 Å². The first-order valence-electron chi connectivity index (χ1n) is 9.32. The van der Waals surface area contributed by atoms with E-state index in [4.69, 9.17) is 0 Å². The number of amides is 1. The average molecular weight is 443 g/mol. The topological polar surface area (TPSA) is 46.9 Å². The molecular weight excluding hydrogens is 429 g/mol. The first-order chi connectivity index (χ1) is 15.2. The molecule has 9 heteroatoms. The van der Waals surface area contributed by atoms with Gasteiger partial charge < -0.3 is 5.32 Å². The maximum Gasteiger partial charge on any atom is 0.419 e. The van der Waals surface area contributed by atoms with Crippen LogP contribution in [0.25, 0.3) is 16.9 Å². The smallest absolute Gasteiger partial charge is 0.306 e. The Labute approximate surface area is 178 Å². The number of nitrogens with one attached hydrogen (secondary N) is 1. The fourth-order valence-electron chi connectivity index (χ4n) is 3.10. The molecule has 1 amide bonds. The molecule has 0 radical (unpaired) electrons. The van der Waals surface area contributed by atoms with E-state index in [-0.39, 0.29) is 11.5 Å². The van der Waals surface area contributed by atoms with Gasteiger partial charge in [0.15, 0.2) is 0 Å². The SMILES string of the molecule is O=C(Nc1cc(-c2ccccc2)nn1-c1cccc(F)c1)c1ccc(F)c(C(F)(F)F)c1. The van der Waals surface area contributed by atoms with Crippen molar-refractivity contribution < 1.29 is 26.7 Å². The largest absolute Gasteiger partial charge is 0.419 e. The van der Waals surface area contributed by atoms with Crippen molar-refractivity contribution in [3.63, 3.8) is 0 Å². The maximum absolute atomic E-state index is 13.8. The van der Waals surface area contributed by atoms with Crippen LogP contribution < -0.4 is 5.32 Å². The highest BCUT2D eigenvalue weighted by Crippen LogP contribution is 2.32. The Morgan fingerprint density at radius 3 is 2.31 bits per heavy atom. The van der Waals surface area contributed by atoms with Crippen molar-refractivity contribution in [3.8, 4) is 16.9 Å². The predicted molar refractivity (Wildman–Crippen MR) is 108 cm³/mol.